The van der Waals surface area contributed by atoms with E-state index < -0.39 is 0 Å². The first kappa shape index (κ1) is 19.5. The fraction of sp³-hybridized carbons (Fsp3) is 0.625. The predicted molar refractivity (Wildman–Crippen MR) is 90.9 cm³/mol. The lowest BCUT2D eigenvalue weighted by Crippen LogP contribution is -2.30. The first-order chi connectivity index (χ1) is 10.7. The molecule has 1 aliphatic heterocycles. The monoisotopic (exact) mass is 343 g/mol. The van der Waals surface area contributed by atoms with Crippen LogP contribution < -0.4 is 16.0 Å². The van der Waals surface area contributed by atoms with Gasteiger partial charge in [-0.1, -0.05) is 0 Å². The van der Waals surface area contributed by atoms with Gasteiger partial charge >= 0.3 is 0 Å². The highest BCUT2D eigenvalue weighted by Gasteiger charge is 2.15. The van der Waals surface area contributed by atoms with Gasteiger partial charge < -0.3 is 20.4 Å². The lowest BCUT2D eigenvalue weighted by atomic mass is 10.0. The minimum absolute atomic E-state index is 0. The summed E-state index contributed by atoms with van der Waals surface area (Å²) in [6.45, 7) is 5.04. The third kappa shape index (κ3) is 6.62. The van der Waals surface area contributed by atoms with Gasteiger partial charge in [-0.25, -0.2) is 0 Å². The van der Waals surface area contributed by atoms with Crippen LogP contribution in [-0.4, -0.2) is 38.0 Å². The van der Waals surface area contributed by atoms with Crippen molar-refractivity contribution in [2.45, 2.75) is 32.6 Å². The molecule has 7 heteroatoms. The quantitative estimate of drug-likeness (QED) is 0.626. The Bertz CT molecular complexity index is 499. The average Bonchev–Trinajstić information content (AvgIpc) is 3.15. The fourth-order valence-electron chi connectivity index (χ4n) is 2.59. The van der Waals surface area contributed by atoms with Crippen LogP contribution in [0, 0.1) is 12.8 Å². The first-order valence-electron chi connectivity index (χ1n) is 7.96. The molecular formula is C16H26ClN3O3. The van der Waals surface area contributed by atoms with Crippen LogP contribution in [0.15, 0.2) is 16.7 Å². The molecule has 0 radical (unpaired) electrons. The fourth-order valence-corrected chi connectivity index (χ4v) is 2.59. The molecule has 1 atom stereocenters. The van der Waals surface area contributed by atoms with Crippen LogP contribution in [-0.2, 0) is 4.79 Å². The number of aryl methyl sites for hydroxylation is 1. The molecule has 130 valence electrons. The molecule has 1 unspecified atom stereocenters. The van der Waals surface area contributed by atoms with Crippen LogP contribution in [0.5, 0.6) is 0 Å². The number of hydrogen-bond donors (Lipinski definition) is 3. The summed E-state index contributed by atoms with van der Waals surface area (Å²) in [7, 11) is 0. The van der Waals surface area contributed by atoms with Crippen molar-refractivity contribution in [2.75, 3.05) is 26.2 Å². The number of amides is 2. The summed E-state index contributed by atoms with van der Waals surface area (Å²) in [5, 5.41) is 8.98. The van der Waals surface area contributed by atoms with Gasteiger partial charge in [0.1, 0.15) is 0 Å². The molecule has 23 heavy (non-hydrogen) atoms. The highest BCUT2D eigenvalue weighted by molar-refractivity contribution is 5.92. The van der Waals surface area contributed by atoms with Crippen molar-refractivity contribution in [3.63, 3.8) is 0 Å². The van der Waals surface area contributed by atoms with Crippen molar-refractivity contribution in [3.05, 3.63) is 23.7 Å². The zero-order valence-corrected chi connectivity index (χ0v) is 14.3. The molecule has 2 amide bonds. The Labute approximate surface area is 143 Å². The minimum Gasteiger partial charge on any atom is -0.459 e. The van der Waals surface area contributed by atoms with Gasteiger partial charge in [0.05, 0.1) is 6.26 Å². The summed E-state index contributed by atoms with van der Waals surface area (Å²) in [6, 6.07) is 1.76. The Morgan fingerprint density at radius 2 is 2.13 bits per heavy atom. The number of nitrogens with one attached hydrogen (secondary N) is 3. The number of rotatable bonds is 8. The molecule has 2 heterocycles. The molecule has 1 aliphatic rings. The van der Waals surface area contributed by atoms with Crippen molar-refractivity contribution in [1.82, 2.24) is 16.0 Å². The first-order valence-corrected chi connectivity index (χ1v) is 7.96. The molecule has 0 spiro atoms. The maximum absolute atomic E-state index is 11.8. The second-order valence-corrected chi connectivity index (χ2v) is 5.79. The van der Waals surface area contributed by atoms with Gasteiger partial charge in [-0.05, 0) is 51.3 Å². The Morgan fingerprint density at radius 1 is 1.35 bits per heavy atom. The van der Waals surface area contributed by atoms with Gasteiger partial charge in [-0.2, -0.15) is 0 Å². The van der Waals surface area contributed by atoms with Gasteiger partial charge in [0.25, 0.3) is 5.91 Å². The largest absolute Gasteiger partial charge is 0.459 e. The number of carbonyl (C=O) groups excluding carboxylic acids is 2. The van der Waals surface area contributed by atoms with E-state index in [2.05, 4.69) is 16.0 Å². The third-order valence-electron chi connectivity index (χ3n) is 3.97. The minimum atomic E-state index is -0.206. The van der Waals surface area contributed by atoms with Crippen molar-refractivity contribution in [1.29, 1.82) is 0 Å². The molecule has 2 rings (SSSR count). The highest BCUT2D eigenvalue weighted by atomic mass is 35.5. The second-order valence-electron chi connectivity index (χ2n) is 5.79. The Morgan fingerprint density at radius 3 is 2.78 bits per heavy atom. The number of carbonyl (C=O) groups is 2. The van der Waals surface area contributed by atoms with Crippen LogP contribution in [0.4, 0.5) is 0 Å². The number of halogens is 1. The number of hydrogen-bond acceptors (Lipinski definition) is 4. The average molecular weight is 344 g/mol. The maximum Gasteiger partial charge on any atom is 0.287 e. The van der Waals surface area contributed by atoms with Crippen LogP contribution in [0.25, 0.3) is 0 Å². The van der Waals surface area contributed by atoms with E-state index in [0.29, 0.717) is 37.6 Å². The maximum atomic E-state index is 11.8. The van der Waals surface area contributed by atoms with Gasteiger partial charge in [0.15, 0.2) is 5.76 Å². The molecular weight excluding hydrogens is 318 g/mol. The molecule has 0 saturated carbocycles. The van der Waals surface area contributed by atoms with Gasteiger partial charge in [-0.3, -0.25) is 9.59 Å². The van der Waals surface area contributed by atoms with E-state index in [1.807, 2.05) is 6.92 Å². The van der Waals surface area contributed by atoms with E-state index in [9.17, 15) is 9.59 Å². The molecule has 1 saturated heterocycles. The highest BCUT2D eigenvalue weighted by Crippen LogP contribution is 2.13. The summed E-state index contributed by atoms with van der Waals surface area (Å²) in [6.07, 6.45) is 4.93. The summed E-state index contributed by atoms with van der Waals surface area (Å²) < 4.78 is 5.12. The summed E-state index contributed by atoms with van der Waals surface area (Å²) in [4.78, 5) is 23.5. The van der Waals surface area contributed by atoms with Crippen molar-refractivity contribution < 1.29 is 14.0 Å². The van der Waals surface area contributed by atoms with E-state index in [1.54, 1.807) is 6.07 Å². The summed E-state index contributed by atoms with van der Waals surface area (Å²) >= 11 is 0. The summed E-state index contributed by atoms with van der Waals surface area (Å²) in [5.41, 5.74) is 0.826. The van der Waals surface area contributed by atoms with E-state index in [-0.39, 0.29) is 24.2 Å². The van der Waals surface area contributed by atoms with Crippen molar-refractivity contribution in [2.24, 2.45) is 5.92 Å². The molecule has 0 aromatic carbocycles. The van der Waals surface area contributed by atoms with E-state index in [0.717, 1.165) is 25.1 Å². The SMILES string of the molecule is Cc1ccoc1C(=O)NCCCNC(=O)CCC1CCNC1.Cl. The topological polar surface area (TPSA) is 83.4 Å². The molecule has 0 aliphatic carbocycles. The Kier molecular flexibility index (Phi) is 8.73. The molecule has 6 nitrogen and oxygen atoms in total. The molecule has 1 aromatic rings. The van der Waals surface area contributed by atoms with Gasteiger partial charge in [0, 0.05) is 25.1 Å². The lowest BCUT2D eigenvalue weighted by Gasteiger charge is -2.09. The molecule has 1 fully saturated rings. The second kappa shape index (κ2) is 10.3. The third-order valence-corrected chi connectivity index (χ3v) is 3.97. The van der Waals surface area contributed by atoms with Crippen molar-refractivity contribution >= 4 is 24.2 Å². The normalized spacial score (nSPS) is 16.7. The molecule has 3 N–H and O–H groups in total. The Balaban J connectivity index is 0.00000264. The van der Waals surface area contributed by atoms with Crippen LogP contribution >= 0.6 is 12.4 Å². The van der Waals surface area contributed by atoms with Crippen molar-refractivity contribution in [3.8, 4) is 0 Å². The number of furan rings is 1. The van der Waals surface area contributed by atoms with Crippen LogP contribution in [0.2, 0.25) is 0 Å². The van der Waals surface area contributed by atoms with Crippen LogP contribution in [0.3, 0.4) is 0 Å². The van der Waals surface area contributed by atoms with E-state index in [1.165, 1.54) is 12.7 Å². The Hall–Kier alpha value is -1.53. The van der Waals surface area contributed by atoms with E-state index in [4.69, 9.17) is 4.42 Å². The van der Waals surface area contributed by atoms with Gasteiger partial charge in [0.2, 0.25) is 5.91 Å². The van der Waals surface area contributed by atoms with Gasteiger partial charge in [-0.15, -0.1) is 12.4 Å². The summed E-state index contributed by atoms with van der Waals surface area (Å²) in [5.74, 6) is 0.887. The zero-order valence-electron chi connectivity index (χ0n) is 13.5. The standard InChI is InChI=1S/C16H25N3O3.ClH/c1-12-6-10-22-15(12)16(21)19-8-2-7-18-14(20)4-3-13-5-9-17-11-13;/h6,10,13,17H,2-5,7-9,11H2,1H3,(H,18,20)(H,19,21);1H. The zero-order chi connectivity index (χ0) is 15.8. The molecule has 0 bridgehead atoms. The molecule has 1 aromatic heterocycles. The lowest BCUT2D eigenvalue weighted by molar-refractivity contribution is -0.121. The smallest absolute Gasteiger partial charge is 0.287 e. The van der Waals surface area contributed by atoms with E-state index >= 15 is 0 Å². The predicted octanol–water partition coefficient (Wildman–Crippen LogP) is 1.64. The van der Waals surface area contributed by atoms with Crippen LogP contribution in [0.1, 0.15) is 41.8 Å².